The molecular formula is C16H32N2. The molecule has 1 heterocycles. The SMILES string of the molecule is CNC1(C)CCN(C2CC(C)CC(C)(C)C2)CC1. The van der Waals surface area contributed by atoms with Crippen molar-refractivity contribution < 1.29 is 0 Å². The van der Waals surface area contributed by atoms with Gasteiger partial charge in [0.25, 0.3) is 0 Å². The molecule has 1 N–H and O–H groups in total. The van der Waals surface area contributed by atoms with Crippen LogP contribution in [0.5, 0.6) is 0 Å². The summed E-state index contributed by atoms with van der Waals surface area (Å²) < 4.78 is 0. The maximum absolute atomic E-state index is 3.50. The van der Waals surface area contributed by atoms with Crippen LogP contribution in [0.2, 0.25) is 0 Å². The highest BCUT2D eigenvalue weighted by molar-refractivity contribution is 4.94. The number of piperidine rings is 1. The van der Waals surface area contributed by atoms with Gasteiger partial charge in [-0.1, -0.05) is 20.8 Å². The van der Waals surface area contributed by atoms with Crippen LogP contribution >= 0.6 is 0 Å². The lowest BCUT2D eigenvalue weighted by Crippen LogP contribution is -2.54. The lowest BCUT2D eigenvalue weighted by atomic mass is 9.70. The molecule has 2 heteroatoms. The fraction of sp³-hybridized carbons (Fsp3) is 1.00. The monoisotopic (exact) mass is 252 g/mol. The number of hydrogen-bond acceptors (Lipinski definition) is 2. The van der Waals surface area contributed by atoms with Crippen LogP contribution in [0.15, 0.2) is 0 Å². The molecule has 0 bridgehead atoms. The first-order valence-electron chi connectivity index (χ1n) is 7.77. The van der Waals surface area contributed by atoms with Crippen molar-refractivity contribution in [3.8, 4) is 0 Å². The van der Waals surface area contributed by atoms with E-state index in [1.165, 1.54) is 45.2 Å². The molecule has 18 heavy (non-hydrogen) atoms. The van der Waals surface area contributed by atoms with Gasteiger partial charge in [-0.25, -0.2) is 0 Å². The molecule has 2 fully saturated rings. The molecule has 2 atom stereocenters. The van der Waals surface area contributed by atoms with Crippen molar-refractivity contribution in [2.75, 3.05) is 20.1 Å². The van der Waals surface area contributed by atoms with Crippen molar-refractivity contribution in [2.24, 2.45) is 11.3 Å². The molecule has 1 aliphatic heterocycles. The Bertz CT molecular complexity index is 277. The maximum atomic E-state index is 3.50. The molecular weight excluding hydrogens is 220 g/mol. The lowest BCUT2D eigenvalue weighted by molar-refractivity contribution is 0.0369. The predicted octanol–water partition coefficient (Wildman–Crippen LogP) is 3.28. The van der Waals surface area contributed by atoms with Crippen molar-refractivity contribution in [1.82, 2.24) is 10.2 Å². The van der Waals surface area contributed by atoms with Gasteiger partial charge in [0.1, 0.15) is 0 Å². The van der Waals surface area contributed by atoms with E-state index >= 15 is 0 Å². The van der Waals surface area contributed by atoms with Crippen LogP contribution in [0.25, 0.3) is 0 Å². The largest absolute Gasteiger partial charge is 0.314 e. The standard InChI is InChI=1S/C16H32N2/c1-13-10-14(12-15(2,3)11-13)18-8-6-16(4,17-5)7-9-18/h13-14,17H,6-12H2,1-5H3. The summed E-state index contributed by atoms with van der Waals surface area (Å²) in [6, 6.07) is 0.838. The van der Waals surface area contributed by atoms with Crippen LogP contribution in [-0.4, -0.2) is 36.6 Å². The smallest absolute Gasteiger partial charge is 0.0174 e. The molecule has 2 rings (SSSR count). The van der Waals surface area contributed by atoms with Gasteiger partial charge in [-0.15, -0.1) is 0 Å². The summed E-state index contributed by atoms with van der Waals surface area (Å²) in [7, 11) is 2.11. The van der Waals surface area contributed by atoms with Crippen LogP contribution in [0.4, 0.5) is 0 Å². The Morgan fingerprint density at radius 3 is 2.17 bits per heavy atom. The third-order valence-electron chi connectivity index (χ3n) is 5.39. The van der Waals surface area contributed by atoms with Crippen molar-refractivity contribution >= 4 is 0 Å². The summed E-state index contributed by atoms with van der Waals surface area (Å²) in [5.74, 6) is 0.899. The summed E-state index contributed by atoms with van der Waals surface area (Å²) >= 11 is 0. The molecule has 106 valence electrons. The fourth-order valence-corrected chi connectivity index (χ4v) is 4.21. The van der Waals surface area contributed by atoms with Crippen molar-refractivity contribution in [3.05, 3.63) is 0 Å². The Labute approximate surface area is 114 Å². The summed E-state index contributed by atoms with van der Waals surface area (Å²) in [4.78, 5) is 2.77. The van der Waals surface area contributed by atoms with E-state index in [0.29, 0.717) is 11.0 Å². The van der Waals surface area contributed by atoms with Gasteiger partial charge in [-0.2, -0.15) is 0 Å². The highest BCUT2D eigenvalue weighted by Gasteiger charge is 2.37. The van der Waals surface area contributed by atoms with Gasteiger partial charge in [-0.3, -0.25) is 0 Å². The summed E-state index contributed by atoms with van der Waals surface area (Å²) in [6.45, 7) is 12.3. The van der Waals surface area contributed by atoms with Crippen LogP contribution in [0.1, 0.15) is 59.8 Å². The van der Waals surface area contributed by atoms with E-state index in [9.17, 15) is 0 Å². The van der Waals surface area contributed by atoms with Crippen LogP contribution in [0.3, 0.4) is 0 Å². The zero-order chi connectivity index (χ0) is 13.4. The van der Waals surface area contributed by atoms with Crippen LogP contribution in [0, 0.1) is 11.3 Å². The highest BCUT2D eigenvalue weighted by Crippen LogP contribution is 2.41. The fourth-order valence-electron chi connectivity index (χ4n) is 4.21. The number of likely N-dealkylation sites (tertiary alicyclic amines) is 1. The molecule has 1 aliphatic carbocycles. The van der Waals surface area contributed by atoms with Crippen molar-refractivity contribution in [1.29, 1.82) is 0 Å². The molecule has 2 aliphatic rings. The molecule has 1 saturated carbocycles. The second-order valence-corrected chi connectivity index (χ2v) is 7.91. The van der Waals surface area contributed by atoms with Gasteiger partial charge in [0.15, 0.2) is 0 Å². The number of nitrogens with one attached hydrogen (secondary N) is 1. The van der Waals surface area contributed by atoms with Gasteiger partial charge < -0.3 is 10.2 Å². The highest BCUT2D eigenvalue weighted by atomic mass is 15.2. The van der Waals surface area contributed by atoms with Crippen molar-refractivity contribution in [3.63, 3.8) is 0 Å². The third kappa shape index (κ3) is 3.27. The normalized spacial score (nSPS) is 36.5. The molecule has 2 unspecified atom stereocenters. The second-order valence-electron chi connectivity index (χ2n) is 7.91. The first-order chi connectivity index (χ1) is 8.34. The van der Waals surface area contributed by atoms with E-state index in [1.807, 2.05) is 0 Å². The number of hydrogen-bond donors (Lipinski definition) is 1. The lowest BCUT2D eigenvalue weighted by Gasteiger charge is -2.48. The molecule has 0 aromatic rings. The van der Waals surface area contributed by atoms with E-state index in [4.69, 9.17) is 0 Å². The minimum Gasteiger partial charge on any atom is -0.314 e. The topological polar surface area (TPSA) is 15.3 Å². The Morgan fingerprint density at radius 2 is 1.67 bits per heavy atom. The van der Waals surface area contributed by atoms with E-state index in [-0.39, 0.29) is 0 Å². The first kappa shape index (κ1) is 14.3. The third-order valence-corrected chi connectivity index (χ3v) is 5.39. The molecule has 2 nitrogen and oxygen atoms in total. The van der Waals surface area contributed by atoms with Gasteiger partial charge in [0.05, 0.1) is 0 Å². The van der Waals surface area contributed by atoms with Gasteiger partial charge in [0.2, 0.25) is 0 Å². The average molecular weight is 252 g/mol. The average Bonchev–Trinajstić information content (AvgIpc) is 2.27. The number of nitrogens with zero attached hydrogens (tertiary/aromatic N) is 1. The van der Waals surface area contributed by atoms with Gasteiger partial charge in [-0.05, 0) is 57.4 Å². The quantitative estimate of drug-likeness (QED) is 0.811. The molecule has 0 radical (unpaired) electrons. The van der Waals surface area contributed by atoms with Crippen LogP contribution < -0.4 is 5.32 Å². The molecule has 0 aromatic carbocycles. The summed E-state index contributed by atoms with van der Waals surface area (Å²) in [6.07, 6.45) is 6.82. The van der Waals surface area contributed by atoms with E-state index < -0.39 is 0 Å². The van der Waals surface area contributed by atoms with Gasteiger partial charge >= 0.3 is 0 Å². The van der Waals surface area contributed by atoms with Gasteiger partial charge in [0, 0.05) is 24.7 Å². The molecule has 0 amide bonds. The van der Waals surface area contributed by atoms with E-state index in [2.05, 4.69) is 45.0 Å². The summed E-state index contributed by atoms with van der Waals surface area (Å²) in [5.41, 5.74) is 0.929. The molecule has 1 saturated heterocycles. The zero-order valence-electron chi connectivity index (χ0n) is 13.1. The zero-order valence-corrected chi connectivity index (χ0v) is 13.1. The Balaban J connectivity index is 1.93. The first-order valence-corrected chi connectivity index (χ1v) is 7.77. The van der Waals surface area contributed by atoms with Crippen molar-refractivity contribution in [2.45, 2.75) is 71.4 Å². The predicted molar refractivity (Wildman–Crippen MR) is 78.9 cm³/mol. The Kier molecular flexibility index (Phi) is 4.08. The Hall–Kier alpha value is -0.0800. The minimum absolute atomic E-state index is 0.381. The van der Waals surface area contributed by atoms with E-state index in [0.717, 1.165) is 12.0 Å². The van der Waals surface area contributed by atoms with E-state index in [1.54, 1.807) is 0 Å². The maximum Gasteiger partial charge on any atom is 0.0174 e. The number of rotatable bonds is 2. The molecule has 0 spiro atoms. The second kappa shape index (κ2) is 5.13. The minimum atomic E-state index is 0.381. The Morgan fingerprint density at radius 1 is 1.06 bits per heavy atom. The van der Waals surface area contributed by atoms with Crippen LogP contribution in [-0.2, 0) is 0 Å². The molecule has 0 aromatic heterocycles. The summed E-state index contributed by atoms with van der Waals surface area (Å²) in [5, 5.41) is 3.50.